The standard InChI is InChI=1S/C11H14ClF3N2O/c1-3-8-7(2)10(12)17-9(16-8)4-5-18-6-11(13,14)15/h3-6H2,1-2H3. The van der Waals surface area contributed by atoms with Gasteiger partial charge in [-0.25, -0.2) is 9.97 Å². The van der Waals surface area contributed by atoms with E-state index in [0.29, 0.717) is 17.4 Å². The van der Waals surface area contributed by atoms with E-state index in [9.17, 15) is 13.2 Å². The van der Waals surface area contributed by atoms with Gasteiger partial charge < -0.3 is 4.74 Å². The predicted molar refractivity (Wildman–Crippen MR) is 61.7 cm³/mol. The molecule has 0 bridgehead atoms. The van der Waals surface area contributed by atoms with E-state index in [4.69, 9.17) is 11.6 Å². The topological polar surface area (TPSA) is 35.0 Å². The fraction of sp³-hybridized carbons (Fsp3) is 0.636. The van der Waals surface area contributed by atoms with Gasteiger partial charge in [-0.05, 0) is 13.3 Å². The summed E-state index contributed by atoms with van der Waals surface area (Å²) < 4.78 is 40.0. The summed E-state index contributed by atoms with van der Waals surface area (Å²) in [5.41, 5.74) is 1.61. The Morgan fingerprint density at radius 3 is 2.50 bits per heavy atom. The van der Waals surface area contributed by atoms with E-state index in [1.807, 2.05) is 13.8 Å². The molecule has 1 aromatic heterocycles. The van der Waals surface area contributed by atoms with Crippen LogP contribution in [0.5, 0.6) is 0 Å². The normalized spacial score (nSPS) is 11.9. The molecule has 0 saturated carbocycles. The van der Waals surface area contributed by atoms with Gasteiger partial charge in [-0.1, -0.05) is 18.5 Å². The molecule has 0 aliphatic carbocycles. The van der Waals surface area contributed by atoms with Gasteiger partial charge in [-0.2, -0.15) is 13.2 Å². The summed E-state index contributed by atoms with van der Waals surface area (Å²) in [5, 5.41) is 0.340. The first-order valence-electron chi connectivity index (χ1n) is 5.50. The highest BCUT2D eigenvalue weighted by Gasteiger charge is 2.27. The largest absolute Gasteiger partial charge is 0.411 e. The van der Waals surface area contributed by atoms with E-state index in [2.05, 4.69) is 14.7 Å². The number of hydrogen-bond donors (Lipinski definition) is 0. The van der Waals surface area contributed by atoms with Gasteiger partial charge in [0.05, 0.1) is 6.61 Å². The van der Waals surface area contributed by atoms with Crippen LogP contribution in [0, 0.1) is 6.92 Å². The monoisotopic (exact) mass is 282 g/mol. The molecule has 0 aromatic carbocycles. The first-order chi connectivity index (χ1) is 8.33. The minimum absolute atomic E-state index is 0.0813. The van der Waals surface area contributed by atoms with Gasteiger partial charge >= 0.3 is 6.18 Å². The number of rotatable bonds is 5. The van der Waals surface area contributed by atoms with Crippen molar-refractivity contribution in [1.29, 1.82) is 0 Å². The molecule has 18 heavy (non-hydrogen) atoms. The Kier molecular flexibility index (Phi) is 5.34. The zero-order valence-corrected chi connectivity index (χ0v) is 10.9. The Balaban J connectivity index is 2.55. The summed E-state index contributed by atoms with van der Waals surface area (Å²) in [5.74, 6) is 0.407. The zero-order chi connectivity index (χ0) is 13.8. The van der Waals surface area contributed by atoms with Crippen molar-refractivity contribution in [2.75, 3.05) is 13.2 Å². The molecule has 0 saturated heterocycles. The number of aryl methyl sites for hydroxylation is 1. The summed E-state index contributed by atoms with van der Waals surface area (Å²) in [4.78, 5) is 8.24. The number of halogens is 4. The van der Waals surface area contributed by atoms with Crippen LogP contribution in [0.2, 0.25) is 5.15 Å². The maximum absolute atomic E-state index is 11.8. The molecule has 0 fully saturated rings. The van der Waals surface area contributed by atoms with Gasteiger partial charge in [0.1, 0.15) is 17.6 Å². The van der Waals surface area contributed by atoms with E-state index in [-0.39, 0.29) is 13.0 Å². The second-order valence-corrected chi connectivity index (χ2v) is 4.13. The summed E-state index contributed by atoms with van der Waals surface area (Å²) in [6.07, 6.45) is -3.39. The van der Waals surface area contributed by atoms with Gasteiger partial charge in [0, 0.05) is 17.7 Å². The first kappa shape index (κ1) is 15.2. The molecule has 102 valence electrons. The Labute approximate surface area is 108 Å². The summed E-state index contributed by atoms with van der Waals surface area (Å²) in [7, 11) is 0. The van der Waals surface area contributed by atoms with E-state index in [1.54, 1.807) is 0 Å². The van der Waals surface area contributed by atoms with Crippen molar-refractivity contribution in [3.63, 3.8) is 0 Å². The maximum atomic E-state index is 11.8. The van der Waals surface area contributed by atoms with Crippen molar-refractivity contribution < 1.29 is 17.9 Å². The van der Waals surface area contributed by atoms with Crippen LogP contribution in [0.15, 0.2) is 0 Å². The van der Waals surface area contributed by atoms with E-state index in [1.165, 1.54) is 0 Å². The third-order valence-corrected chi connectivity index (χ3v) is 2.67. The third-order valence-electron chi connectivity index (χ3n) is 2.30. The molecule has 1 rings (SSSR count). The van der Waals surface area contributed by atoms with Gasteiger partial charge in [0.2, 0.25) is 0 Å². The smallest absolute Gasteiger partial charge is 0.372 e. The molecule has 3 nitrogen and oxygen atoms in total. The van der Waals surface area contributed by atoms with Gasteiger partial charge in [-0.3, -0.25) is 0 Å². The highest BCUT2D eigenvalue weighted by atomic mass is 35.5. The molecule has 0 amide bonds. The van der Waals surface area contributed by atoms with Crippen molar-refractivity contribution >= 4 is 11.6 Å². The molecule has 0 N–H and O–H groups in total. The van der Waals surface area contributed by atoms with Crippen molar-refractivity contribution in [3.05, 3.63) is 22.2 Å². The van der Waals surface area contributed by atoms with Gasteiger partial charge in [-0.15, -0.1) is 0 Å². The molecule has 1 heterocycles. The van der Waals surface area contributed by atoms with E-state index in [0.717, 1.165) is 11.3 Å². The van der Waals surface area contributed by atoms with E-state index < -0.39 is 12.8 Å². The number of hydrogen-bond acceptors (Lipinski definition) is 3. The average molecular weight is 283 g/mol. The third kappa shape index (κ3) is 4.78. The molecule has 0 unspecified atom stereocenters. The highest BCUT2D eigenvalue weighted by molar-refractivity contribution is 6.30. The van der Waals surface area contributed by atoms with Crippen molar-refractivity contribution in [2.45, 2.75) is 32.9 Å². The fourth-order valence-electron chi connectivity index (χ4n) is 1.39. The van der Waals surface area contributed by atoms with Crippen molar-refractivity contribution in [3.8, 4) is 0 Å². The van der Waals surface area contributed by atoms with Crippen LogP contribution >= 0.6 is 11.6 Å². The fourth-order valence-corrected chi connectivity index (χ4v) is 1.59. The minimum atomic E-state index is -4.31. The molecule has 1 aromatic rings. The lowest BCUT2D eigenvalue weighted by molar-refractivity contribution is -0.173. The van der Waals surface area contributed by atoms with Crippen molar-refractivity contribution in [2.24, 2.45) is 0 Å². The SMILES string of the molecule is CCc1nc(CCOCC(F)(F)F)nc(Cl)c1C. The second-order valence-electron chi connectivity index (χ2n) is 3.77. The second kappa shape index (κ2) is 6.33. The quantitative estimate of drug-likeness (QED) is 0.615. The minimum Gasteiger partial charge on any atom is -0.372 e. The molecular weight excluding hydrogens is 269 g/mol. The number of ether oxygens (including phenoxy) is 1. The molecule has 7 heteroatoms. The lowest BCUT2D eigenvalue weighted by Crippen LogP contribution is -2.18. The predicted octanol–water partition coefficient (Wildman–Crippen LogP) is 3.12. The molecule has 0 spiro atoms. The van der Waals surface area contributed by atoms with Crippen molar-refractivity contribution in [1.82, 2.24) is 9.97 Å². The lowest BCUT2D eigenvalue weighted by Gasteiger charge is -2.09. The lowest BCUT2D eigenvalue weighted by atomic mass is 10.2. The summed E-state index contributed by atoms with van der Waals surface area (Å²) in [6.45, 7) is 2.40. The van der Waals surface area contributed by atoms with Gasteiger partial charge in [0.25, 0.3) is 0 Å². The average Bonchev–Trinajstić information content (AvgIpc) is 2.27. The summed E-state index contributed by atoms with van der Waals surface area (Å²) >= 11 is 5.91. The Bertz CT molecular complexity index is 410. The zero-order valence-electron chi connectivity index (χ0n) is 10.1. The maximum Gasteiger partial charge on any atom is 0.411 e. The first-order valence-corrected chi connectivity index (χ1v) is 5.87. The molecular formula is C11H14ClF3N2O. The Morgan fingerprint density at radius 1 is 1.28 bits per heavy atom. The Morgan fingerprint density at radius 2 is 1.94 bits per heavy atom. The van der Waals surface area contributed by atoms with Crippen LogP contribution in [0.3, 0.4) is 0 Å². The number of alkyl halides is 3. The molecule has 0 radical (unpaired) electrons. The molecule has 0 aliphatic rings. The van der Waals surface area contributed by atoms with Crippen LogP contribution in [-0.2, 0) is 17.6 Å². The van der Waals surface area contributed by atoms with Crippen LogP contribution < -0.4 is 0 Å². The van der Waals surface area contributed by atoms with Gasteiger partial charge in [0.15, 0.2) is 0 Å². The molecule has 0 atom stereocenters. The van der Waals surface area contributed by atoms with Crippen LogP contribution in [0.4, 0.5) is 13.2 Å². The number of aromatic nitrogens is 2. The van der Waals surface area contributed by atoms with Crippen LogP contribution in [0.25, 0.3) is 0 Å². The number of nitrogens with zero attached hydrogens (tertiary/aromatic N) is 2. The summed E-state index contributed by atoms with van der Waals surface area (Å²) in [6, 6.07) is 0. The molecule has 0 aliphatic heterocycles. The Hall–Kier alpha value is -0.880. The highest BCUT2D eigenvalue weighted by Crippen LogP contribution is 2.17. The van der Waals surface area contributed by atoms with E-state index >= 15 is 0 Å². The van der Waals surface area contributed by atoms with Crippen LogP contribution in [-0.4, -0.2) is 29.4 Å². The van der Waals surface area contributed by atoms with Crippen LogP contribution in [0.1, 0.15) is 24.0 Å².